The molecule has 1 aromatic heterocycles. The Bertz CT molecular complexity index is 520. The summed E-state index contributed by atoms with van der Waals surface area (Å²) in [5.41, 5.74) is 0.00257. The lowest BCUT2D eigenvalue weighted by molar-refractivity contribution is 0.180. The van der Waals surface area contributed by atoms with Gasteiger partial charge in [-0.05, 0) is 0 Å². The van der Waals surface area contributed by atoms with Crippen LogP contribution >= 0.6 is 0 Å². The zero-order valence-corrected chi connectivity index (χ0v) is 9.76. The highest BCUT2D eigenvalue weighted by Gasteiger charge is 2.30. The summed E-state index contributed by atoms with van der Waals surface area (Å²) in [6.45, 7) is 0. The molecule has 1 rings (SSSR count). The van der Waals surface area contributed by atoms with Crippen molar-refractivity contribution in [1.29, 1.82) is 0 Å². The molecule has 0 amide bonds. The van der Waals surface area contributed by atoms with Crippen molar-refractivity contribution in [2.75, 3.05) is 7.11 Å². The second-order valence-electron chi connectivity index (χ2n) is 3.10. The van der Waals surface area contributed by atoms with Gasteiger partial charge in [0.2, 0.25) is 15.9 Å². The van der Waals surface area contributed by atoms with Crippen molar-refractivity contribution in [3.05, 3.63) is 18.1 Å². The molecule has 2 atom stereocenters. The number of primary sulfonamides is 1. The second kappa shape index (κ2) is 5.09. The van der Waals surface area contributed by atoms with E-state index in [4.69, 9.17) is 16.3 Å². The highest BCUT2D eigenvalue weighted by Crippen LogP contribution is 2.18. The van der Waals surface area contributed by atoms with E-state index in [1.165, 1.54) is 19.5 Å². The van der Waals surface area contributed by atoms with Crippen molar-refractivity contribution < 1.29 is 18.3 Å². The minimum Gasteiger partial charge on any atom is -0.480 e. The van der Waals surface area contributed by atoms with Gasteiger partial charge < -0.3 is 9.84 Å². The van der Waals surface area contributed by atoms with Crippen LogP contribution in [-0.4, -0.2) is 35.9 Å². The molecule has 92 valence electrons. The summed E-state index contributed by atoms with van der Waals surface area (Å²) < 4.78 is 27.0. The Labute approximate surface area is 98.7 Å². The molecule has 0 fully saturated rings. The Hall–Kier alpha value is -1.69. The summed E-state index contributed by atoms with van der Waals surface area (Å²) in [6.07, 6.45) is 5.87. The van der Waals surface area contributed by atoms with Crippen LogP contribution in [0.2, 0.25) is 0 Å². The highest BCUT2D eigenvalue weighted by molar-refractivity contribution is 7.90. The minimum absolute atomic E-state index is 0.00257. The molecule has 1 heterocycles. The number of nitrogens with zero attached hydrogens (tertiary/aromatic N) is 2. The first-order chi connectivity index (χ1) is 7.90. The van der Waals surface area contributed by atoms with Crippen LogP contribution in [0.5, 0.6) is 5.88 Å². The lowest BCUT2D eigenvalue weighted by atomic mass is 10.2. The van der Waals surface area contributed by atoms with Gasteiger partial charge in [-0.3, -0.25) is 4.98 Å². The number of aliphatic hydroxyl groups is 1. The summed E-state index contributed by atoms with van der Waals surface area (Å²) in [6, 6.07) is 0. The molecule has 17 heavy (non-hydrogen) atoms. The average molecular weight is 257 g/mol. The fraction of sp³-hybridized carbons (Fsp3) is 0.333. The lowest BCUT2D eigenvalue weighted by Gasteiger charge is -2.15. The van der Waals surface area contributed by atoms with Gasteiger partial charge in [0.05, 0.1) is 25.2 Å². The van der Waals surface area contributed by atoms with Gasteiger partial charge in [-0.25, -0.2) is 18.5 Å². The summed E-state index contributed by atoms with van der Waals surface area (Å²) in [4.78, 5) is 7.55. The number of terminal acetylenes is 1. The number of nitrogens with two attached hydrogens (primary N) is 1. The van der Waals surface area contributed by atoms with Gasteiger partial charge in [-0.15, -0.1) is 6.42 Å². The van der Waals surface area contributed by atoms with Gasteiger partial charge in [-0.2, -0.15) is 0 Å². The summed E-state index contributed by atoms with van der Waals surface area (Å²) in [5, 5.41) is 13.1. The van der Waals surface area contributed by atoms with E-state index in [0.29, 0.717) is 0 Å². The molecule has 0 aliphatic rings. The predicted octanol–water partition coefficient (Wildman–Crippen LogP) is -1.19. The smallest absolute Gasteiger partial charge is 0.231 e. The third-order valence-electron chi connectivity index (χ3n) is 1.97. The van der Waals surface area contributed by atoms with Crippen LogP contribution in [0.1, 0.15) is 11.8 Å². The van der Waals surface area contributed by atoms with Gasteiger partial charge in [-0.1, -0.05) is 5.92 Å². The zero-order valence-electron chi connectivity index (χ0n) is 8.94. The van der Waals surface area contributed by atoms with E-state index < -0.39 is 21.4 Å². The lowest BCUT2D eigenvalue weighted by Crippen LogP contribution is -2.33. The number of aliphatic hydroxyl groups excluding tert-OH is 1. The number of hydrogen-bond donors (Lipinski definition) is 2. The standard InChI is InChI=1S/C9H11N3O4S/c1-3-7(17(10,14)15)9(13)6-4-12-8(16-2)5-11-6/h1,4-5,7,9,13H,2H3,(H2,10,14,15)/t7-,9-/m1/s1. The van der Waals surface area contributed by atoms with Crippen LogP contribution in [0.3, 0.4) is 0 Å². The molecular weight excluding hydrogens is 246 g/mol. The molecule has 0 radical (unpaired) electrons. The number of ether oxygens (including phenoxy) is 1. The SMILES string of the molecule is C#C[C@H]([C@H](O)c1cnc(OC)cn1)S(N)(=O)=O. The van der Waals surface area contributed by atoms with Crippen LogP contribution in [0.4, 0.5) is 0 Å². The van der Waals surface area contributed by atoms with Crippen molar-refractivity contribution in [2.45, 2.75) is 11.4 Å². The van der Waals surface area contributed by atoms with Crippen LogP contribution in [0, 0.1) is 12.3 Å². The first-order valence-corrected chi connectivity index (χ1v) is 6.03. The summed E-state index contributed by atoms with van der Waals surface area (Å²) in [5.74, 6) is 2.14. The fourth-order valence-corrected chi connectivity index (χ4v) is 1.79. The minimum atomic E-state index is -4.06. The molecule has 0 bridgehead atoms. The first-order valence-electron chi connectivity index (χ1n) is 4.42. The van der Waals surface area contributed by atoms with Gasteiger partial charge in [0.25, 0.3) is 0 Å². The van der Waals surface area contributed by atoms with E-state index in [0.717, 1.165) is 0 Å². The number of aromatic nitrogens is 2. The molecule has 7 nitrogen and oxygen atoms in total. The van der Waals surface area contributed by atoms with Crippen molar-refractivity contribution in [1.82, 2.24) is 9.97 Å². The third-order valence-corrected chi connectivity index (χ3v) is 3.07. The van der Waals surface area contributed by atoms with E-state index in [2.05, 4.69) is 9.97 Å². The largest absolute Gasteiger partial charge is 0.480 e. The van der Waals surface area contributed by atoms with E-state index in [9.17, 15) is 13.5 Å². The zero-order chi connectivity index (χ0) is 13.1. The van der Waals surface area contributed by atoms with Crippen molar-refractivity contribution in [2.24, 2.45) is 5.14 Å². The molecule has 0 spiro atoms. The first kappa shape index (κ1) is 13.4. The molecule has 0 aliphatic carbocycles. The molecule has 0 saturated heterocycles. The second-order valence-corrected chi connectivity index (χ2v) is 4.79. The van der Waals surface area contributed by atoms with Crippen LogP contribution in [0.25, 0.3) is 0 Å². The number of sulfonamides is 1. The van der Waals surface area contributed by atoms with E-state index in [1.807, 2.05) is 5.92 Å². The molecule has 0 aromatic carbocycles. The number of methoxy groups -OCH3 is 1. The Morgan fingerprint density at radius 2 is 2.18 bits per heavy atom. The molecule has 0 saturated carbocycles. The van der Waals surface area contributed by atoms with E-state index in [1.54, 1.807) is 0 Å². The van der Waals surface area contributed by atoms with Crippen LogP contribution < -0.4 is 9.88 Å². The molecule has 0 aliphatic heterocycles. The Morgan fingerprint density at radius 1 is 1.53 bits per heavy atom. The number of rotatable bonds is 4. The quantitative estimate of drug-likeness (QED) is 0.655. The van der Waals surface area contributed by atoms with Crippen LogP contribution in [0.15, 0.2) is 12.4 Å². The third kappa shape index (κ3) is 3.13. The average Bonchev–Trinajstić information content (AvgIpc) is 2.28. The van der Waals surface area contributed by atoms with Gasteiger partial charge >= 0.3 is 0 Å². The molecule has 0 unspecified atom stereocenters. The summed E-state index contributed by atoms with van der Waals surface area (Å²) >= 11 is 0. The van der Waals surface area contributed by atoms with Crippen molar-refractivity contribution in [3.8, 4) is 18.2 Å². The van der Waals surface area contributed by atoms with Gasteiger partial charge in [0.15, 0.2) is 5.25 Å². The predicted molar refractivity (Wildman–Crippen MR) is 59.3 cm³/mol. The normalized spacial score (nSPS) is 14.7. The molecular formula is C9H11N3O4S. The van der Waals surface area contributed by atoms with Gasteiger partial charge in [0, 0.05) is 0 Å². The maximum Gasteiger partial charge on any atom is 0.231 e. The molecule has 8 heteroatoms. The maximum atomic E-state index is 11.1. The monoisotopic (exact) mass is 257 g/mol. The number of hydrogen-bond acceptors (Lipinski definition) is 6. The summed E-state index contributed by atoms with van der Waals surface area (Å²) in [7, 11) is -2.67. The van der Waals surface area contributed by atoms with Gasteiger partial charge in [0.1, 0.15) is 6.10 Å². The topological polar surface area (TPSA) is 115 Å². The highest BCUT2D eigenvalue weighted by atomic mass is 32.2. The molecule has 3 N–H and O–H groups in total. The Kier molecular flexibility index (Phi) is 4.01. The Morgan fingerprint density at radius 3 is 2.53 bits per heavy atom. The Balaban J connectivity index is 3.03. The van der Waals surface area contributed by atoms with E-state index >= 15 is 0 Å². The van der Waals surface area contributed by atoms with Crippen LogP contribution in [-0.2, 0) is 10.0 Å². The van der Waals surface area contributed by atoms with E-state index in [-0.39, 0.29) is 11.6 Å². The maximum absolute atomic E-state index is 11.1. The fourth-order valence-electron chi connectivity index (χ4n) is 1.11. The molecule has 1 aromatic rings. The van der Waals surface area contributed by atoms with Crippen molar-refractivity contribution in [3.63, 3.8) is 0 Å². The van der Waals surface area contributed by atoms with Crippen molar-refractivity contribution >= 4 is 10.0 Å².